The number of primary amides is 1. The second kappa shape index (κ2) is 10.2. The lowest BCUT2D eigenvalue weighted by atomic mass is 10.1. The van der Waals surface area contributed by atoms with Gasteiger partial charge in [0.2, 0.25) is 21.8 Å². The van der Waals surface area contributed by atoms with E-state index in [1.165, 1.54) is 0 Å². The zero-order valence-electron chi connectivity index (χ0n) is 15.3. The van der Waals surface area contributed by atoms with Gasteiger partial charge in [0.25, 0.3) is 0 Å². The molecule has 0 fully saturated rings. The Morgan fingerprint density at radius 1 is 1.24 bits per heavy atom. The van der Waals surface area contributed by atoms with Crippen LogP contribution in [0.3, 0.4) is 0 Å². The molecule has 0 bridgehead atoms. The summed E-state index contributed by atoms with van der Waals surface area (Å²) in [4.78, 5) is 33.8. The van der Waals surface area contributed by atoms with E-state index in [9.17, 15) is 36.0 Å². The molecular formula is C16H20F3N3O6S. The van der Waals surface area contributed by atoms with Crippen molar-refractivity contribution in [2.45, 2.75) is 36.9 Å². The highest BCUT2D eigenvalue weighted by Gasteiger charge is 2.33. The number of nitrogens with one attached hydrogen (secondary N) is 2. The van der Waals surface area contributed by atoms with E-state index in [4.69, 9.17) is 5.73 Å². The van der Waals surface area contributed by atoms with Crippen LogP contribution >= 0.6 is 0 Å². The van der Waals surface area contributed by atoms with E-state index in [-0.39, 0.29) is 19.4 Å². The Hall–Kier alpha value is -2.67. The largest absolute Gasteiger partial charge is 0.465 e. The zero-order valence-corrected chi connectivity index (χ0v) is 16.1. The fourth-order valence-electron chi connectivity index (χ4n) is 2.12. The Bertz CT molecular complexity index is 858. The number of halogens is 3. The predicted octanol–water partition coefficient (Wildman–Crippen LogP) is 0.297. The summed E-state index contributed by atoms with van der Waals surface area (Å²) in [5.41, 5.74) is 3.80. The van der Waals surface area contributed by atoms with Gasteiger partial charge >= 0.3 is 12.1 Å². The average molecular weight is 439 g/mol. The number of alkyl halides is 3. The molecule has 1 aromatic rings. The Balaban J connectivity index is 3.03. The lowest BCUT2D eigenvalue weighted by Gasteiger charge is -2.18. The standard InChI is InChI=1S/C16H20F3N3O6S/c1-2-28-14(24)9-21-15(25)12(6-7-13(20)23)22-29(26,27)11-5-3-4-10(8-11)16(17,18)19/h3-5,8,12,22H,2,6-7,9H2,1H3,(H2,20,23)(H,21,25)/t12-/m1/s1. The topological polar surface area (TPSA) is 145 Å². The predicted molar refractivity (Wildman–Crippen MR) is 93.6 cm³/mol. The molecule has 162 valence electrons. The van der Waals surface area contributed by atoms with E-state index >= 15 is 0 Å². The summed E-state index contributed by atoms with van der Waals surface area (Å²) in [6.07, 6.45) is -5.53. The van der Waals surface area contributed by atoms with Crippen LogP contribution in [0.1, 0.15) is 25.3 Å². The van der Waals surface area contributed by atoms with Crippen molar-refractivity contribution in [3.8, 4) is 0 Å². The van der Waals surface area contributed by atoms with Gasteiger partial charge in [-0.2, -0.15) is 17.9 Å². The number of hydrogen-bond donors (Lipinski definition) is 3. The monoisotopic (exact) mass is 439 g/mol. The van der Waals surface area contributed by atoms with Crippen molar-refractivity contribution in [1.29, 1.82) is 0 Å². The number of ether oxygens (including phenoxy) is 1. The van der Waals surface area contributed by atoms with Gasteiger partial charge in [0.15, 0.2) is 0 Å². The van der Waals surface area contributed by atoms with E-state index in [0.717, 1.165) is 12.1 Å². The number of carbonyl (C=O) groups excluding carboxylic acids is 3. The minimum atomic E-state index is -4.77. The summed E-state index contributed by atoms with van der Waals surface area (Å²) in [6.45, 7) is 1.03. The van der Waals surface area contributed by atoms with Crippen LogP contribution in [0.25, 0.3) is 0 Å². The molecule has 0 heterocycles. The smallest absolute Gasteiger partial charge is 0.416 e. The van der Waals surface area contributed by atoms with Gasteiger partial charge in [-0.15, -0.1) is 0 Å². The maximum absolute atomic E-state index is 12.8. The number of carbonyl (C=O) groups is 3. The molecule has 0 saturated heterocycles. The second-order valence-corrected chi connectivity index (χ2v) is 7.44. The zero-order chi connectivity index (χ0) is 22.2. The molecule has 0 unspecified atom stereocenters. The molecule has 1 atom stereocenters. The first kappa shape index (κ1) is 24.4. The molecule has 4 N–H and O–H groups in total. The van der Waals surface area contributed by atoms with Crippen molar-refractivity contribution in [3.63, 3.8) is 0 Å². The number of amides is 2. The van der Waals surface area contributed by atoms with Crippen LogP contribution in [0, 0.1) is 0 Å². The van der Waals surface area contributed by atoms with Gasteiger partial charge in [0, 0.05) is 6.42 Å². The van der Waals surface area contributed by atoms with Crippen LogP contribution in [0.15, 0.2) is 29.2 Å². The van der Waals surface area contributed by atoms with Crippen LogP contribution < -0.4 is 15.8 Å². The Kier molecular flexibility index (Phi) is 8.58. The Morgan fingerprint density at radius 2 is 1.90 bits per heavy atom. The van der Waals surface area contributed by atoms with Crippen LogP contribution in [0.4, 0.5) is 13.2 Å². The molecular weight excluding hydrogens is 419 g/mol. The number of esters is 1. The summed E-state index contributed by atoms with van der Waals surface area (Å²) in [5.74, 6) is -2.59. The molecule has 0 spiro atoms. The summed E-state index contributed by atoms with van der Waals surface area (Å²) < 4.78 is 69.9. The van der Waals surface area contributed by atoms with E-state index in [2.05, 4.69) is 10.1 Å². The second-order valence-electron chi connectivity index (χ2n) is 5.73. The van der Waals surface area contributed by atoms with E-state index in [1.807, 2.05) is 4.72 Å². The van der Waals surface area contributed by atoms with Crippen LogP contribution in [-0.4, -0.2) is 45.4 Å². The van der Waals surface area contributed by atoms with Gasteiger partial charge in [0.05, 0.1) is 17.1 Å². The normalized spacial score (nSPS) is 12.8. The van der Waals surface area contributed by atoms with Crippen molar-refractivity contribution in [3.05, 3.63) is 29.8 Å². The number of nitrogens with two attached hydrogens (primary N) is 1. The fraction of sp³-hybridized carbons (Fsp3) is 0.438. The van der Waals surface area contributed by atoms with Crippen molar-refractivity contribution >= 4 is 27.8 Å². The van der Waals surface area contributed by atoms with Gasteiger partial charge in [-0.25, -0.2) is 8.42 Å². The average Bonchev–Trinajstić information content (AvgIpc) is 2.62. The minimum absolute atomic E-state index is 0.0575. The summed E-state index contributed by atoms with van der Waals surface area (Å²) in [6, 6.07) is 1.35. The molecule has 1 aromatic carbocycles. The Labute approximate surface area is 164 Å². The highest BCUT2D eigenvalue weighted by Crippen LogP contribution is 2.30. The van der Waals surface area contributed by atoms with Crippen molar-refractivity contribution in [2.24, 2.45) is 5.73 Å². The van der Waals surface area contributed by atoms with Crippen LogP contribution in [-0.2, 0) is 35.3 Å². The maximum Gasteiger partial charge on any atom is 0.416 e. The molecule has 0 aliphatic heterocycles. The molecule has 0 aliphatic carbocycles. The summed E-state index contributed by atoms with van der Waals surface area (Å²) >= 11 is 0. The molecule has 2 amide bonds. The highest BCUT2D eigenvalue weighted by molar-refractivity contribution is 7.89. The fourth-order valence-corrected chi connectivity index (χ4v) is 3.39. The minimum Gasteiger partial charge on any atom is -0.465 e. The van der Waals surface area contributed by atoms with Gasteiger partial charge in [0.1, 0.15) is 12.6 Å². The van der Waals surface area contributed by atoms with Gasteiger partial charge < -0.3 is 15.8 Å². The number of benzene rings is 1. The lowest BCUT2D eigenvalue weighted by molar-refractivity contribution is -0.143. The third-order valence-electron chi connectivity index (χ3n) is 3.48. The lowest BCUT2D eigenvalue weighted by Crippen LogP contribution is -2.48. The molecule has 13 heteroatoms. The molecule has 0 aliphatic rings. The van der Waals surface area contributed by atoms with E-state index in [0.29, 0.717) is 12.1 Å². The van der Waals surface area contributed by atoms with Crippen molar-refractivity contribution < 1.29 is 40.7 Å². The molecule has 0 radical (unpaired) electrons. The Morgan fingerprint density at radius 3 is 2.45 bits per heavy atom. The number of rotatable bonds is 10. The molecule has 0 saturated carbocycles. The van der Waals surface area contributed by atoms with Gasteiger partial charge in [-0.1, -0.05) is 6.07 Å². The molecule has 9 nitrogen and oxygen atoms in total. The van der Waals surface area contributed by atoms with Gasteiger partial charge in [-0.05, 0) is 31.5 Å². The van der Waals surface area contributed by atoms with Crippen LogP contribution in [0.5, 0.6) is 0 Å². The van der Waals surface area contributed by atoms with Gasteiger partial charge in [-0.3, -0.25) is 14.4 Å². The summed E-state index contributed by atoms with van der Waals surface area (Å²) in [5, 5.41) is 2.13. The van der Waals surface area contributed by atoms with Crippen LogP contribution in [0.2, 0.25) is 0 Å². The number of sulfonamides is 1. The van der Waals surface area contributed by atoms with Crippen molar-refractivity contribution in [2.75, 3.05) is 13.2 Å². The SMILES string of the molecule is CCOC(=O)CNC(=O)[C@@H](CCC(N)=O)NS(=O)(=O)c1cccc(C(F)(F)F)c1. The maximum atomic E-state index is 12.8. The first-order valence-electron chi connectivity index (χ1n) is 8.28. The highest BCUT2D eigenvalue weighted by atomic mass is 32.2. The summed E-state index contributed by atoms with van der Waals surface area (Å²) in [7, 11) is -4.56. The van der Waals surface area contributed by atoms with E-state index < -0.39 is 57.0 Å². The molecule has 0 aromatic heterocycles. The third-order valence-corrected chi connectivity index (χ3v) is 4.95. The molecule has 1 rings (SSSR count). The van der Waals surface area contributed by atoms with E-state index in [1.54, 1.807) is 6.92 Å². The quantitative estimate of drug-likeness (QED) is 0.447. The first-order chi connectivity index (χ1) is 13.4. The molecule has 29 heavy (non-hydrogen) atoms. The number of hydrogen-bond acceptors (Lipinski definition) is 6. The first-order valence-corrected chi connectivity index (χ1v) is 9.76. The third kappa shape index (κ3) is 8.07. The van der Waals surface area contributed by atoms with Crippen molar-refractivity contribution in [1.82, 2.24) is 10.0 Å².